The highest BCUT2D eigenvalue weighted by atomic mass is 79.9. The van der Waals surface area contributed by atoms with Crippen LogP contribution in [0.15, 0.2) is 65.3 Å². The van der Waals surface area contributed by atoms with Gasteiger partial charge in [-0.2, -0.15) is 13.2 Å². The van der Waals surface area contributed by atoms with Crippen LogP contribution in [0, 0.1) is 0 Å². The second-order valence-electron chi connectivity index (χ2n) is 6.82. The zero-order valence-corrected chi connectivity index (χ0v) is 17.6. The minimum absolute atomic E-state index is 0.0723. The predicted octanol–water partition coefficient (Wildman–Crippen LogP) is 5.19. The van der Waals surface area contributed by atoms with E-state index >= 15 is 0 Å². The van der Waals surface area contributed by atoms with Gasteiger partial charge in [-0.15, -0.1) is 0 Å². The Morgan fingerprint density at radius 3 is 2.26 bits per heavy atom. The number of fused-ring (bicyclic) bond motifs is 1. The number of halogens is 4. The Balaban J connectivity index is 1.91. The summed E-state index contributed by atoms with van der Waals surface area (Å²) in [5.74, 6) is -2.05. The number of amides is 2. The molecule has 2 amide bonds. The van der Waals surface area contributed by atoms with Gasteiger partial charge in [-0.3, -0.25) is 14.6 Å². The first-order chi connectivity index (χ1) is 14.7. The molecule has 0 fully saturated rings. The van der Waals surface area contributed by atoms with Crippen molar-refractivity contribution in [1.82, 2.24) is 4.98 Å². The minimum Gasteiger partial charge on any atom is -0.497 e. The van der Waals surface area contributed by atoms with E-state index in [0.29, 0.717) is 17.5 Å². The highest BCUT2D eigenvalue weighted by Crippen LogP contribution is 2.39. The Morgan fingerprint density at radius 1 is 1.03 bits per heavy atom. The van der Waals surface area contributed by atoms with E-state index in [1.54, 1.807) is 36.4 Å². The first-order valence-corrected chi connectivity index (χ1v) is 9.85. The van der Waals surface area contributed by atoms with Gasteiger partial charge in [0.2, 0.25) is 5.91 Å². The number of hydrogen-bond donors (Lipinski definition) is 0. The van der Waals surface area contributed by atoms with Crippen molar-refractivity contribution in [3.05, 3.63) is 87.7 Å². The Hall–Kier alpha value is -3.20. The molecular formula is C22H14BrF3N2O3. The lowest BCUT2D eigenvalue weighted by Crippen LogP contribution is -2.46. The summed E-state index contributed by atoms with van der Waals surface area (Å²) in [6.07, 6.45) is -4.05. The zero-order valence-electron chi connectivity index (χ0n) is 16.0. The maximum Gasteiger partial charge on any atom is 0.417 e. The molecule has 1 aliphatic heterocycles. The quantitative estimate of drug-likeness (QED) is 0.474. The summed E-state index contributed by atoms with van der Waals surface area (Å²) in [5.41, 5.74) is -0.577. The van der Waals surface area contributed by atoms with Crippen LogP contribution in [0.1, 0.15) is 33.1 Å². The van der Waals surface area contributed by atoms with Crippen molar-refractivity contribution in [3.63, 3.8) is 0 Å². The lowest BCUT2D eigenvalue weighted by molar-refractivity contribution is -0.138. The standard InChI is InChI=1S/C22H14BrF3N2O3/c1-31-16-8-6-15(7-9-16)28-20(29)18(12-2-4-14(23)5-3-12)17-10-13(22(24,25)26)11-27-19(17)21(28)30/h2-11,18H,1H3. The molecule has 2 heterocycles. The number of ether oxygens (including phenoxy) is 1. The number of carbonyl (C=O) groups excluding carboxylic acids is 2. The van der Waals surface area contributed by atoms with Crippen molar-refractivity contribution >= 4 is 33.4 Å². The van der Waals surface area contributed by atoms with Gasteiger partial charge in [0.1, 0.15) is 11.4 Å². The van der Waals surface area contributed by atoms with E-state index in [4.69, 9.17) is 4.74 Å². The third-order valence-corrected chi connectivity index (χ3v) is 5.49. The van der Waals surface area contributed by atoms with Gasteiger partial charge < -0.3 is 4.74 Å². The summed E-state index contributed by atoms with van der Waals surface area (Å²) in [7, 11) is 1.48. The maximum absolute atomic E-state index is 13.5. The molecule has 0 saturated heterocycles. The number of aromatic nitrogens is 1. The Labute approximate surface area is 183 Å². The summed E-state index contributed by atoms with van der Waals surface area (Å²) in [6, 6.07) is 13.7. The van der Waals surface area contributed by atoms with E-state index in [1.807, 2.05) is 0 Å². The molecule has 3 aromatic rings. The van der Waals surface area contributed by atoms with Crippen LogP contribution < -0.4 is 9.64 Å². The van der Waals surface area contributed by atoms with E-state index < -0.39 is 29.5 Å². The fraction of sp³-hybridized carbons (Fsp3) is 0.136. The number of pyridine rings is 1. The van der Waals surface area contributed by atoms with E-state index in [1.165, 1.54) is 19.2 Å². The average molecular weight is 491 g/mol. The molecule has 9 heteroatoms. The van der Waals surface area contributed by atoms with Crippen LogP contribution in [0.5, 0.6) is 5.75 Å². The van der Waals surface area contributed by atoms with Crippen molar-refractivity contribution in [2.75, 3.05) is 12.0 Å². The van der Waals surface area contributed by atoms with Crippen LogP contribution in [0.2, 0.25) is 0 Å². The van der Waals surface area contributed by atoms with Crippen LogP contribution in [-0.2, 0) is 11.0 Å². The highest BCUT2D eigenvalue weighted by molar-refractivity contribution is 9.10. The first-order valence-electron chi connectivity index (χ1n) is 9.05. The molecule has 0 spiro atoms. The highest BCUT2D eigenvalue weighted by Gasteiger charge is 2.43. The number of alkyl halides is 3. The minimum atomic E-state index is -4.66. The number of benzene rings is 2. The van der Waals surface area contributed by atoms with Gasteiger partial charge in [-0.1, -0.05) is 28.1 Å². The fourth-order valence-electron chi connectivity index (χ4n) is 3.46. The number of methoxy groups -OCH3 is 1. The van der Waals surface area contributed by atoms with Crippen LogP contribution in [0.4, 0.5) is 18.9 Å². The smallest absolute Gasteiger partial charge is 0.417 e. The summed E-state index contributed by atoms with van der Waals surface area (Å²) in [5, 5.41) is 0. The molecule has 1 atom stereocenters. The van der Waals surface area contributed by atoms with Gasteiger partial charge in [0.25, 0.3) is 5.91 Å². The number of nitrogens with zero attached hydrogens (tertiary/aromatic N) is 2. The number of carbonyl (C=O) groups is 2. The normalized spacial score (nSPS) is 16.3. The first kappa shape index (κ1) is 21.0. The summed E-state index contributed by atoms with van der Waals surface area (Å²) in [4.78, 5) is 31.3. The van der Waals surface area contributed by atoms with Crippen LogP contribution >= 0.6 is 15.9 Å². The average Bonchev–Trinajstić information content (AvgIpc) is 2.74. The predicted molar refractivity (Wildman–Crippen MR) is 110 cm³/mol. The number of hydrogen-bond acceptors (Lipinski definition) is 4. The fourth-order valence-corrected chi connectivity index (χ4v) is 3.72. The molecule has 158 valence electrons. The molecule has 2 aromatic carbocycles. The van der Waals surface area contributed by atoms with Gasteiger partial charge in [-0.25, -0.2) is 4.90 Å². The van der Waals surface area contributed by atoms with E-state index in [2.05, 4.69) is 20.9 Å². The molecule has 0 radical (unpaired) electrons. The van der Waals surface area contributed by atoms with Crippen molar-refractivity contribution < 1.29 is 27.5 Å². The topological polar surface area (TPSA) is 59.5 Å². The van der Waals surface area contributed by atoms with Crippen LogP contribution in [0.25, 0.3) is 0 Å². The molecule has 1 aromatic heterocycles. The lowest BCUT2D eigenvalue weighted by Gasteiger charge is -2.32. The molecule has 5 nitrogen and oxygen atoms in total. The Kier molecular flexibility index (Phi) is 5.30. The van der Waals surface area contributed by atoms with Crippen LogP contribution in [0.3, 0.4) is 0 Å². The largest absolute Gasteiger partial charge is 0.497 e. The molecule has 0 saturated carbocycles. The van der Waals surface area contributed by atoms with Gasteiger partial charge in [0.05, 0.1) is 24.3 Å². The van der Waals surface area contributed by atoms with E-state index in [9.17, 15) is 22.8 Å². The maximum atomic E-state index is 13.5. The molecule has 4 rings (SSSR count). The summed E-state index contributed by atoms with van der Waals surface area (Å²) in [6.45, 7) is 0. The van der Waals surface area contributed by atoms with Gasteiger partial charge in [0, 0.05) is 16.2 Å². The van der Waals surface area contributed by atoms with Crippen molar-refractivity contribution in [2.45, 2.75) is 12.1 Å². The molecule has 1 unspecified atom stereocenters. The number of anilines is 1. The summed E-state index contributed by atoms with van der Waals surface area (Å²) < 4.78 is 45.8. The Morgan fingerprint density at radius 2 is 1.68 bits per heavy atom. The monoisotopic (exact) mass is 490 g/mol. The zero-order chi connectivity index (χ0) is 22.3. The van der Waals surface area contributed by atoms with E-state index in [0.717, 1.165) is 15.4 Å². The third kappa shape index (κ3) is 3.81. The second kappa shape index (κ2) is 7.81. The lowest BCUT2D eigenvalue weighted by atomic mass is 9.84. The molecule has 0 aliphatic carbocycles. The Bertz CT molecular complexity index is 1160. The number of rotatable bonds is 3. The van der Waals surface area contributed by atoms with Gasteiger partial charge in [-0.05, 0) is 48.0 Å². The van der Waals surface area contributed by atoms with Gasteiger partial charge in [0.15, 0.2) is 0 Å². The number of imide groups is 1. The third-order valence-electron chi connectivity index (χ3n) is 4.96. The molecule has 1 aliphatic rings. The van der Waals surface area contributed by atoms with Crippen LogP contribution in [-0.4, -0.2) is 23.9 Å². The second-order valence-corrected chi connectivity index (χ2v) is 7.74. The molecular weight excluding hydrogens is 477 g/mol. The van der Waals surface area contributed by atoms with Crippen molar-refractivity contribution in [2.24, 2.45) is 0 Å². The molecule has 0 N–H and O–H groups in total. The SMILES string of the molecule is COc1ccc(N2C(=O)c3ncc(C(F)(F)F)cc3C(c3ccc(Br)cc3)C2=O)cc1. The van der Waals surface area contributed by atoms with E-state index in [-0.39, 0.29) is 16.9 Å². The van der Waals surface area contributed by atoms with Gasteiger partial charge >= 0.3 is 6.18 Å². The summed E-state index contributed by atoms with van der Waals surface area (Å²) >= 11 is 3.30. The van der Waals surface area contributed by atoms with Crippen molar-refractivity contribution in [1.29, 1.82) is 0 Å². The molecule has 31 heavy (non-hydrogen) atoms. The molecule has 0 bridgehead atoms. The van der Waals surface area contributed by atoms with Crippen molar-refractivity contribution in [3.8, 4) is 5.75 Å².